The van der Waals surface area contributed by atoms with Gasteiger partial charge in [-0.25, -0.2) is 9.78 Å². The van der Waals surface area contributed by atoms with Gasteiger partial charge in [0.2, 0.25) is 5.91 Å². The second kappa shape index (κ2) is 5.03. The highest BCUT2D eigenvalue weighted by Gasteiger charge is 2.26. The van der Waals surface area contributed by atoms with E-state index in [-0.39, 0.29) is 17.5 Å². The van der Waals surface area contributed by atoms with Crippen LogP contribution in [0.4, 0.5) is 0 Å². The monoisotopic (exact) mass is 250 g/mol. The largest absolute Gasteiger partial charge is 0.476 e. The van der Waals surface area contributed by atoms with Crippen molar-refractivity contribution in [2.75, 3.05) is 13.1 Å². The molecule has 0 saturated carbocycles. The normalized spacial score (nSPS) is 16.6. The maximum absolute atomic E-state index is 11.4. The zero-order valence-electron chi connectivity index (χ0n) is 9.83. The molecule has 0 atom stereocenters. The van der Waals surface area contributed by atoms with Gasteiger partial charge in [-0.3, -0.25) is 4.79 Å². The summed E-state index contributed by atoms with van der Waals surface area (Å²) in [6.45, 7) is 4.67. The number of hydrogen-bond acceptors (Lipinski definition) is 4. The van der Waals surface area contributed by atoms with Crippen molar-refractivity contribution in [3.05, 3.63) is 30.5 Å². The van der Waals surface area contributed by atoms with Gasteiger partial charge in [-0.05, 0) is 18.9 Å². The number of hydrogen-bond donors (Lipinski definition) is 1. The van der Waals surface area contributed by atoms with E-state index in [1.165, 1.54) is 6.08 Å². The lowest BCUT2D eigenvalue weighted by Crippen LogP contribution is -2.36. The molecular formula is C12H14N2O4. The third-order valence-electron chi connectivity index (χ3n) is 3.07. The molecule has 0 spiro atoms. The summed E-state index contributed by atoms with van der Waals surface area (Å²) >= 11 is 0. The molecule has 0 aromatic carbocycles. The molecule has 6 heteroatoms. The van der Waals surface area contributed by atoms with Crippen LogP contribution in [0.3, 0.4) is 0 Å². The number of amides is 1. The number of likely N-dealkylation sites (tertiary alicyclic amines) is 1. The molecule has 0 unspecified atom stereocenters. The average Bonchev–Trinajstić information content (AvgIpc) is 2.88. The van der Waals surface area contributed by atoms with Crippen LogP contribution in [0.15, 0.2) is 23.3 Å². The van der Waals surface area contributed by atoms with Crippen LogP contribution < -0.4 is 0 Å². The topological polar surface area (TPSA) is 83.6 Å². The van der Waals surface area contributed by atoms with E-state index >= 15 is 0 Å². The van der Waals surface area contributed by atoms with E-state index in [2.05, 4.69) is 11.6 Å². The SMILES string of the molecule is C=CC(=O)N1CCC(c2nc(C(=O)O)co2)CC1. The van der Waals surface area contributed by atoms with Crippen LogP contribution in [0.5, 0.6) is 0 Å². The molecule has 1 aliphatic rings. The molecular weight excluding hydrogens is 236 g/mol. The molecule has 1 aromatic rings. The number of aromatic carboxylic acids is 1. The summed E-state index contributed by atoms with van der Waals surface area (Å²) in [5.74, 6) is -0.651. The van der Waals surface area contributed by atoms with Gasteiger partial charge in [0.15, 0.2) is 11.6 Å². The van der Waals surface area contributed by atoms with E-state index in [1.54, 1.807) is 4.90 Å². The van der Waals surface area contributed by atoms with E-state index in [0.717, 1.165) is 19.1 Å². The number of aromatic nitrogens is 1. The minimum Gasteiger partial charge on any atom is -0.476 e. The van der Waals surface area contributed by atoms with Gasteiger partial charge in [0.05, 0.1) is 0 Å². The first kappa shape index (κ1) is 12.3. The Labute approximate surface area is 104 Å². The van der Waals surface area contributed by atoms with Gasteiger partial charge in [0.25, 0.3) is 0 Å². The molecule has 1 N–H and O–H groups in total. The molecule has 1 aliphatic heterocycles. The van der Waals surface area contributed by atoms with Crippen LogP contribution in [0, 0.1) is 0 Å². The van der Waals surface area contributed by atoms with E-state index in [0.29, 0.717) is 19.0 Å². The van der Waals surface area contributed by atoms with Crippen LogP contribution >= 0.6 is 0 Å². The van der Waals surface area contributed by atoms with Gasteiger partial charge in [-0.15, -0.1) is 0 Å². The number of piperidine rings is 1. The second-order valence-electron chi connectivity index (χ2n) is 4.18. The molecule has 2 heterocycles. The summed E-state index contributed by atoms with van der Waals surface area (Å²) in [6, 6.07) is 0. The van der Waals surface area contributed by atoms with Crippen molar-refractivity contribution in [3.63, 3.8) is 0 Å². The Bertz CT molecular complexity index is 472. The van der Waals surface area contributed by atoms with Crippen LogP contribution in [0.2, 0.25) is 0 Å². The Morgan fingerprint density at radius 3 is 2.67 bits per heavy atom. The lowest BCUT2D eigenvalue weighted by molar-refractivity contribution is -0.127. The number of oxazole rings is 1. The predicted molar refractivity (Wildman–Crippen MR) is 62.2 cm³/mol. The average molecular weight is 250 g/mol. The van der Waals surface area contributed by atoms with Crippen molar-refractivity contribution >= 4 is 11.9 Å². The molecule has 1 saturated heterocycles. The summed E-state index contributed by atoms with van der Waals surface area (Å²) in [5.41, 5.74) is -0.0744. The van der Waals surface area contributed by atoms with E-state index < -0.39 is 5.97 Å². The van der Waals surface area contributed by atoms with Gasteiger partial charge >= 0.3 is 5.97 Å². The quantitative estimate of drug-likeness (QED) is 0.816. The van der Waals surface area contributed by atoms with Crippen LogP contribution in [0.1, 0.15) is 35.1 Å². The number of carboxylic acids is 1. The number of carboxylic acid groups (broad SMARTS) is 1. The first-order chi connectivity index (χ1) is 8.61. The van der Waals surface area contributed by atoms with Gasteiger partial charge in [0.1, 0.15) is 6.26 Å². The lowest BCUT2D eigenvalue weighted by Gasteiger charge is -2.29. The molecule has 0 radical (unpaired) electrons. The Morgan fingerprint density at radius 2 is 2.17 bits per heavy atom. The zero-order valence-corrected chi connectivity index (χ0v) is 9.83. The smallest absolute Gasteiger partial charge is 0.357 e. The fourth-order valence-corrected chi connectivity index (χ4v) is 2.05. The lowest BCUT2D eigenvalue weighted by atomic mass is 9.97. The summed E-state index contributed by atoms with van der Waals surface area (Å²) in [7, 11) is 0. The summed E-state index contributed by atoms with van der Waals surface area (Å²) in [6.07, 6.45) is 3.89. The third kappa shape index (κ3) is 2.42. The van der Waals surface area contributed by atoms with Crippen molar-refractivity contribution in [2.24, 2.45) is 0 Å². The maximum Gasteiger partial charge on any atom is 0.357 e. The van der Waals surface area contributed by atoms with Crippen molar-refractivity contribution in [1.82, 2.24) is 9.88 Å². The van der Waals surface area contributed by atoms with Crippen molar-refractivity contribution < 1.29 is 19.1 Å². The predicted octanol–water partition coefficient (Wildman–Crippen LogP) is 1.26. The highest BCUT2D eigenvalue weighted by Crippen LogP contribution is 2.27. The summed E-state index contributed by atoms with van der Waals surface area (Å²) in [5, 5.41) is 8.76. The van der Waals surface area contributed by atoms with Crippen molar-refractivity contribution in [1.29, 1.82) is 0 Å². The minimum atomic E-state index is -1.09. The second-order valence-corrected chi connectivity index (χ2v) is 4.18. The van der Waals surface area contributed by atoms with Crippen LogP contribution in [0.25, 0.3) is 0 Å². The molecule has 2 rings (SSSR count). The summed E-state index contributed by atoms with van der Waals surface area (Å²) in [4.78, 5) is 27.7. The highest BCUT2D eigenvalue weighted by atomic mass is 16.4. The number of carbonyl (C=O) groups is 2. The van der Waals surface area contributed by atoms with Gasteiger partial charge in [-0.2, -0.15) is 0 Å². The number of carbonyl (C=O) groups excluding carboxylic acids is 1. The molecule has 18 heavy (non-hydrogen) atoms. The first-order valence-corrected chi connectivity index (χ1v) is 5.72. The van der Waals surface area contributed by atoms with E-state index in [1.807, 2.05) is 0 Å². The van der Waals surface area contributed by atoms with Crippen molar-refractivity contribution in [3.8, 4) is 0 Å². The highest BCUT2D eigenvalue weighted by molar-refractivity contribution is 5.87. The van der Waals surface area contributed by atoms with Gasteiger partial charge in [0, 0.05) is 19.0 Å². The molecule has 1 aromatic heterocycles. The number of nitrogens with zero attached hydrogens (tertiary/aromatic N) is 2. The van der Waals surface area contributed by atoms with Crippen molar-refractivity contribution in [2.45, 2.75) is 18.8 Å². The minimum absolute atomic E-state index is 0.0744. The molecule has 6 nitrogen and oxygen atoms in total. The number of rotatable bonds is 3. The fourth-order valence-electron chi connectivity index (χ4n) is 2.05. The molecule has 96 valence electrons. The first-order valence-electron chi connectivity index (χ1n) is 5.72. The molecule has 0 bridgehead atoms. The molecule has 1 amide bonds. The molecule has 1 fully saturated rings. The fraction of sp³-hybridized carbons (Fsp3) is 0.417. The molecule has 0 aliphatic carbocycles. The summed E-state index contributed by atoms with van der Waals surface area (Å²) < 4.78 is 5.17. The standard InChI is InChI=1S/C12H14N2O4/c1-2-10(15)14-5-3-8(4-6-14)11-13-9(7-18-11)12(16)17/h2,7-8H,1,3-6H2,(H,16,17). The third-order valence-corrected chi connectivity index (χ3v) is 3.07. The van der Waals surface area contributed by atoms with Gasteiger partial charge < -0.3 is 14.4 Å². The Hall–Kier alpha value is -2.11. The maximum atomic E-state index is 11.4. The Balaban J connectivity index is 1.98. The van der Waals surface area contributed by atoms with Crippen LogP contribution in [-0.4, -0.2) is 40.0 Å². The van der Waals surface area contributed by atoms with Crippen LogP contribution in [-0.2, 0) is 4.79 Å². The van der Waals surface area contributed by atoms with E-state index in [9.17, 15) is 9.59 Å². The van der Waals surface area contributed by atoms with Gasteiger partial charge in [-0.1, -0.05) is 6.58 Å². The van der Waals surface area contributed by atoms with E-state index in [4.69, 9.17) is 9.52 Å². The zero-order chi connectivity index (χ0) is 13.1. The Kier molecular flexibility index (Phi) is 3.45. The Morgan fingerprint density at radius 1 is 1.50 bits per heavy atom.